The summed E-state index contributed by atoms with van der Waals surface area (Å²) in [6.07, 6.45) is 1.80. The van der Waals surface area contributed by atoms with Gasteiger partial charge in [0, 0.05) is 16.8 Å². The second-order valence-corrected chi connectivity index (χ2v) is 4.46. The molecule has 0 saturated carbocycles. The normalized spacial score (nSPS) is 10.2. The summed E-state index contributed by atoms with van der Waals surface area (Å²) in [7, 11) is 0. The number of rotatable bonds is 4. The molecule has 19 heavy (non-hydrogen) atoms. The summed E-state index contributed by atoms with van der Waals surface area (Å²) in [5, 5.41) is 12.5. The third kappa shape index (κ3) is 3.77. The van der Waals surface area contributed by atoms with Gasteiger partial charge >= 0.3 is 0 Å². The van der Waals surface area contributed by atoms with Gasteiger partial charge in [0.1, 0.15) is 5.82 Å². The molecule has 1 aromatic heterocycles. The largest absolute Gasteiger partial charge is 0.392 e. The van der Waals surface area contributed by atoms with Crippen molar-refractivity contribution >= 4 is 23.3 Å². The molecule has 1 aromatic carbocycles. The van der Waals surface area contributed by atoms with Crippen LogP contribution in [0.25, 0.3) is 0 Å². The van der Waals surface area contributed by atoms with E-state index >= 15 is 0 Å². The molecule has 4 nitrogen and oxygen atoms in total. The Hall–Kier alpha value is -1.91. The molecule has 98 valence electrons. The summed E-state index contributed by atoms with van der Waals surface area (Å²) in [5.41, 5.74) is 1.45. The number of aliphatic hydroxyl groups excluding tert-OH is 1. The predicted molar refractivity (Wildman–Crippen MR) is 73.9 cm³/mol. The second kappa shape index (κ2) is 6.31. The van der Waals surface area contributed by atoms with Crippen LogP contribution in [0.1, 0.15) is 11.1 Å². The van der Waals surface area contributed by atoms with Gasteiger partial charge in [0.25, 0.3) is 0 Å². The number of carbonyl (C=O) groups is 1. The SMILES string of the molecule is O=C(Cc1ccc(Cl)cc1)Nc1ncccc1CO. The summed E-state index contributed by atoms with van der Waals surface area (Å²) < 4.78 is 0. The van der Waals surface area contributed by atoms with Crippen molar-refractivity contribution in [2.75, 3.05) is 5.32 Å². The molecule has 0 spiro atoms. The Kier molecular flexibility index (Phi) is 4.49. The van der Waals surface area contributed by atoms with Gasteiger partial charge in [0.15, 0.2) is 0 Å². The van der Waals surface area contributed by atoms with E-state index in [9.17, 15) is 4.79 Å². The van der Waals surface area contributed by atoms with Crippen LogP contribution in [0.15, 0.2) is 42.6 Å². The zero-order valence-corrected chi connectivity index (χ0v) is 10.9. The summed E-state index contributed by atoms with van der Waals surface area (Å²) in [5.74, 6) is 0.208. The van der Waals surface area contributed by atoms with E-state index < -0.39 is 0 Å². The Morgan fingerprint density at radius 1 is 1.26 bits per heavy atom. The first-order valence-corrected chi connectivity index (χ1v) is 6.16. The second-order valence-electron chi connectivity index (χ2n) is 4.02. The highest BCUT2D eigenvalue weighted by molar-refractivity contribution is 6.30. The standard InChI is InChI=1S/C14H13ClN2O2/c15-12-5-3-10(4-6-12)8-13(19)17-14-11(9-18)2-1-7-16-14/h1-7,18H,8-9H2,(H,16,17,19). The molecule has 2 N–H and O–H groups in total. The molecule has 0 atom stereocenters. The van der Waals surface area contributed by atoms with Crippen LogP contribution < -0.4 is 5.32 Å². The minimum Gasteiger partial charge on any atom is -0.392 e. The third-order valence-electron chi connectivity index (χ3n) is 2.60. The Bertz CT molecular complexity index is 570. The van der Waals surface area contributed by atoms with Crippen LogP contribution in [0.3, 0.4) is 0 Å². The summed E-state index contributed by atoms with van der Waals surface area (Å²) >= 11 is 5.78. The quantitative estimate of drug-likeness (QED) is 0.901. The molecule has 5 heteroatoms. The Labute approximate surface area is 116 Å². The van der Waals surface area contributed by atoms with Gasteiger partial charge in [-0.3, -0.25) is 4.79 Å². The van der Waals surface area contributed by atoms with Crippen LogP contribution in [-0.2, 0) is 17.8 Å². The number of hydrogen-bond donors (Lipinski definition) is 2. The lowest BCUT2D eigenvalue weighted by Crippen LogP contribution is -2.16. The summed E-state index contributed by atoms with van der Waals surface area (Å²) in [6.45, 7) is -0.162. The number of nitrogens with one attached hydrogen (secondary N) is 1. The lowest BCUT2D eigenvalue weighted by atomic mass is 10.1. The third-order valence-corrected chi connectivity index (χ3v) is 2.85. The van der Waals surface area contributed by atoms with E-state index in [0.29, 0.717) is 16.4 Å². The monoisotopic (exact) mass is 276 g/mol. The molecule has 2 rings (SSSR count). The molecule has 0 bridgehead atoms. The molecular formula is C14H13ClN2O2. The van der Waals surface area contributed by atoms with E-state index in [0.717, 1.165) is 5.56 Å². The molecule has 0 saturated heterocycles. The predicted octanol–water partition coefficient (Wildman–Crippen LogP) is 2.41. The highest BCUT2D eigenvalue weighted by Crippen LogP contribution is 2.13. The first kappa shape index (κ1) is 13.5. The van der Waals surface area contributed by atoms with Crippen molar-refractivity contribution in [1.29, 1.82) is 0 Å². The molecule has 2 aromatic rings. The van der Waals surface area contributed by atoms with Crippen molar-refractivity contribution in [1.82, 2.24) is 4.98 Å². The van der Waals surface area contributed by atoms with Gasteiger partial charge in [-0.2, -0.15) is 0 Å². The van der Waals surface area contributed by atoms with Crippen LogP contribution in [0.4, 0.5) is 5.82 Å². The van der Waals surface area contributed by atoms with Crippen LogP contribution >= 0.6 is 11.6 Å². The number of pyridine rings is 1. The maximum absolute atomic E-state index is 11.9. The van der Waals surface area contributed by atoms with Crippen molar-refractivity contribution < 1.29 is 9.90 Å². The fraction of sp³-hybridized carbons (Fsp3) is 0.143. The maximum Gasteiger partial charge on any atom is 0.229 e. The molecule has 0 unspecified atom stereocenters. The molecule has 0 fully saturated rings. The van der Waals surface area contributed by atoms with Crippen LogP contribution in [0.2, 0.25) is 5.02 Å². The highest BCUT2D eigenvalue weighted by atomic mass is 35.5. The molecule has 1 amide bonds. The fourth-order valence-electron chi connectivity index (χ4n) is 1.64. The number of anilines is 1. The maximum atomic E-state index is 11.9. The number of benzene rings is 1. The van der Waals surface area contributed by atoms with Crippen molar-refractivity contribution in [2.24, 2.45) is 0 Å². The Morgan fingerprint density at radius 2 is 2.00 bits per heavy atom. The number of hydrogen-bond acceptors (Lipinski definition) is 3. The van der Waals surface area contributed by atoms with E-state index in [-0.39, 0.29) is 18.9 Å². The van der Waals surface area contributed by atoms with Gasteiger partial charge in [-0.15, -0.1) is 0 Å². The fourth-order valence-corrected chi connectivity index (χ4v) is 1.77. The Balaban J connectivity index is 2.03. The molecule has 0 aliphatic rings. The Morgan fingerprint density at radius 3 is 2.68 bits per heavy atom. The molecule has 1 heterocycles. The van der Waals surface area contributed by atoms with Crippen molar-refractivity contribution in [3.05, 3.63) is 58.7 Å². The number of aromatic nitrogens is 1. The highest BCUT2D eigenvalue weighted by Gasteiger charge is 2.08. The van der Waals surface area contributed by atoms with Crippen molar-refractivity contribution in [2.45, 2.75) is 13.0 Å². The summed E-state index contributed by atoms with van der Waals surface area (Å²) in [4.78, 5) is 15.9. The minimum atomic E-state index is -0.185. The van der Waals surface area contributed by atoms with E-state index in [1.165, 1.54) is 0 Å². The van der Waals surface area contributed by atoms with E-state index in [1.54, 1.807) is 42.6 Å². The number of amides is 1. The molecule has 0 radical (unpaired) electrons. The zero-order valence-electron chi connectivity index (χ0n) is 10.1. The number of aliphatic hydroxyl groups is 1. The number of carbonyl (C=O) groups excluding carboxylic acids is 1. The van der Waals surface area contributed by atoms with Gasteiger partial charge in [0.2, 0.25) is 5.91 Å². The van der Waals surface area contributed by atoms with Crippen LogP contribution in [0, 0.1) is 0 Å². The smallest absolute Gasteiger partial charge is 0.229 e. The van der Waals surface area contributed by atoms with E-state index in [4.69, 9.17) is 16.7 Å². The van der Waals surface area contributed by atoms with Crippen LogP contribution in [0.5, 0.6) is 0 Å². The zero-order chi connectivity index (χ0) is 13.7. The van der Waals surface area contributed by atoms with Crippen molar-refractivity contribution in [3.63, 3.8) is 0 Å². The van der Waals surface area contributed by atoms with Crippen molar-refractivity contribution in [3.8, 4) is 0 Å². The molecule has 0 aliphatic heterocycles. The average Bonchev–Trinajstić information content (AvgIpc) is 2.42. The topological polar surface area (TPSA) is 62.2 Å². The van der Waals surface area contributed by atoms with E-state index in [1.807, 2.05) is 0 Å². The van der Waals surface area contributed by atoms with Gasteiger partial charge in [-0.05, 0) is 23.8 Å². The number of nitrogens with zero attached hydrogens (tertiary/aromatic N) is 1. The first-order valence-electron chi connectivity index (χ1n) is 5.78. The molecular weight excluding hydrogens is 264 g/mol. The lowest BCUT2D eigenvalue weighted by molar-refractivity contribution is -0.115. The minimum absolute atomic E-state index is 0.162. The lowest BCUT2D eigenvalue weighted by Gasteiger charge is -2.08. The first-order chi connectivity index (χ1) is 9.19. The summed E-state index contributed by atoms with van der Waals surface area (Å²) in [6, 6.07) is 10.5. The van der Waals surface area contributed by atoms with Gasteiger partial charge < -0.3 is 10.4 Å². The van der Waals surface area contributed by atoms with E-state index in [2.05, 4.69) is 10.3 Å². The van der Waals surface area contributed by atoms with Gasteiger partial charge in [0.05, 0.1) is 13.0 Å². The average molecular weight is 277 g/mol. The van der Waals surface area contributed by atoms with Crippen LogP contribution in [-0.4, -0.2) is 16.0 Å². The van der Waals surface area contributed by atoms with Gasteiger partial charge in [-0.25, -0.2) is 4.98 Å². The molecule has 0 aliphatic carbocycles. The van der Waals surface area contributed by atoms with Gasteiger partial charge in [-0.1, -0.05) is 29.8 Å². The number of halogens is 1.